The smallest absolute Gasteiger partial charge is 0.855 e. The number of allylic oxidation sites excluding steroid dienone is 8. The molecule has 0 unspecified atom stereocenters. The van der Waals surface area contributed by atoms with E-state index in [0.29, 0.717) is 0 Å². The predicted octanol–water partition coefficient (Wildman–Crippen LogP) is 2.43. The van der Waals surface area contributed by atoms with Gasteiger partial charge in [0, 0.05) is 0 Å². The third-order valence-corrected chi connectivity index (χ3v) is 1.17. The van der Waals surface area contributed by atoms with Gasteiger partial charge in [-0.15, -0.1) is 19.4 Å². The molecule has 0 spiro atoms. The second-order valence-corrected chi connectivity index (χ2v) is 2.29. The first-order valence-corrected chi connectivity index (χ1v) is 4.43. The van der Waals surface area contributed by atoms with E-state index in [2.05, 4.69) is 24.3 Å². The zero-order valence-electron chi connectivity index (χ0n) is 9.49. The van der Waals surface area contributed by atoms with Crippen LogP contribution in [0.5, 0.6) is 0 Å². The van der Waals surface area contributed by atoms with Gasteiger partial charge in [0.25, 0.3) is 0 Å². The fraction of sp³-hybridized carbons (Fsp3) is 0.308. The minimum absolute atomic E-state index is 0. The summed E-state index contributed by atoms with van der Waals surface area (Å²) in [5.41, 5.74) is 0. The Morgan fingerprint density at radius 2 is 1.40 bits per heavy atom. The van der Waals surface area contributed by atoms with E-state index >= 15 is 0 Å². The van der Waals surface area contributed by atoms with Gasteiger partial charge in [-0.3, -0.25) is 12.2 Å². The molecular weight excluding hydrogens is 351 g/mol. The molecule has 0 fully saturated rings. The molecule has 0 aliphatic heterocycles. The van der Waals surface area contributed by atoms with Crippen LogP contribution in [0.25, 0.3) is 0 Å². The van der Waals surface area contributed by atoms with Crippen molar-refractivity contribution in [2.75, 3.05) is 6.61 Å². The molecule has 15 heavy (non-hydrogen) atoms. The molecule has 0 heterocycles. The van der Waals surface area contributed by atoms with E-state index in [0.717, 1.165) is 12.8 Å². The van der Waals surface area contributed by atoms with Crippen molar-refractivity contribution in [3.63, 3.8) is 0 Å². The van der Waals surface area contributed by atoms with Crippen molar-refractivity contribution in [1.82, 2.24) is 0 Å². The maximum Gasteiger partial charge on any atom is 4.00 e. The summed E-state index contributed by atoms with van der Waals surface area (Å²) in [5.74, 6) is 0. The number of hydrogen-bond donors (Lipinski definition) is 0. The molecule has 80 valence electrons. The van der Waals surface area contributed by atoms with Crippen molar-refractivity contribution in [2.45, 2.75) is 19.8 Å². The van der Waals surface area contributed by atoms with Crippen LogP contribution in [0, 0.1) is 19.6 Å². The van der Waals surface area contributed by atoms with Crippen LogP contribution in [-0.4, -0.2) is 6.61 Å². The molecule has 0 aromatic carbocycles. The normalized spacial score (nSPS) is 12.9. The first kappa shape index (κ1) is 20.2. The van der Waals surface area contributed by atoms with E-state index in [1.807, 2.05) is 24.3 Å². The first-order valence-electron chi connectivity index (χ1n) is 4.43. The van der Waals surface area contributed by atoms with Crippen LogP contribution in [0.4, 0.5) is 0 Å². The van der Waals surface area contributed by atoms with E-state index in [4.69, 9.17) is 5.11 Å². The van der Waals surface area contributed by atoms with E-state index in [1.165, 1.54) is 0 Å². The summed E-state index contributed by atoms with van der Waals surface area (Å²) in [4.78, 5) is 0. The average Bonchev–Trinajstić information content (AvgIpc) is 2.85. The molecule has 0 amide bonds. The van der Waals surface area contributed by atoms with Crippen molar-refractivity contribution in [1.29, 1.82) is 0 Å². The molecule has 0 aromatic heterocycles. The van der Waals surface area contributed by atoms with Crippen molar-refractivity contribution in [3.8, 4) is 0 Å². The third kappa shape index (κ3) is 20.0. The first-order chi connectivity index (χ1) is 6.41. The van der Waals surface area contributed by atoms with Crippen LogP contribution in [0.3, 0.4) is 0 Å². The quantitative estimate of drug-likeness (QED) is 0.476. The standard InChI is InChI=1S/2C5H5.C2H5O.CH3.Hf/c2*1-2-4-5-3-1;1-2-3;;/h2*1-3H,4H2;2H2,1H3;1H3;/q4*-1;+4. The predicted molar refractivity (Wildman–Crippen MR) is 60.1 cm³/mol. The molecule has 2 rings (SSSR count). The second kappa shape index (κ2) is 19.4. The van der Waals surface area contributed by atoms with Gasteiger partial charge in [0.2, 0.25) is 0 Å². The zero-order valence-corrected chi connectivity index (χ0v) is 13.1. The summed E-state index contributed by atoms with van der Waals surface area (Å²) >= 11 is 0. The molecule has 2 aliphatic carbocycles. The maximum absolute atomic E-state index is 8.93. The van der Waals surface area contributed by atoms with Gasteiger partial charge in [0.15, 0.2) is 0 Å². The summed E-state index contributed by atoms with van der Waals surface area (Å²) < 4.78 is 0. The monoisotopic (exact) mass is 370 g/mol. The molecule has 1 nitrogen and oxygen atoms in total. The largest absolute Gasteiger partial charge is 4.00 e. The minimum Gasteiger partial charge on any atom is -0.855 e. The Hall–Kier alpha value is -0.210. The van der Waals surface area contributed by atoms with E-state index in [-0.39, 0.29) is 39.9 Å². The minimum atomic E-state index is 0. The number of hydrogen-bond acceptors (Lipinski definition) is 1. The Kier molecular flexibility index (Phi) is 26.1. The fourth-order valence-corrected chi connectivity index (χ4v) is 0.680. The Morgan fingerprint density at radius 3 is 1.47 bits per heavy atom. The van der Waals surface area contributed by atoms with Crippen molar-refractivity contribution < 1.29 is 30.9 Å². The fourth-order valence-electron chi connectivity index (χ4n) is 0.680. The summed E-state index contributed by atoms with van der Waals surface area (Å²) in [7, 11) is 0. The summed E-state index contributed by atoms with van der Waals surface area (Å²) in [5, 5.41) is 8.93. The Labute approximate surface area is 113 Å². The van der Waals surface area contributed by atoms with Gasteiger partial charge in [0.05, 0.1) is 0 Å². The SMILES string of the molecule is CC[O-].[C-]1=CC=CC1.[C-]1=CC=CC1.[CH3-].[Hf+4]. The summed E-state index contributed by atoms with van der Waals surface area (Å²) in [6.45, 7) is 1.57. The van der Waals surface area contributed by atoms with Gasteiger partial charge in [-0.1, -0.05) is 6.92 Å². The van der Waals surface area contributed by atoms with Gasteiger partial charge in [-0.05, 0) is 0 Å². The molecule has 0 radical (unpaired) electrons. The van der Waals surface area contributed by atoms with Crippen LogP contribution in [0.1, 0.15) is 19.8 Å². The van der Waals surface area contributed by atoms with Crippen molar-refractivity contribution in [3.05, 3.63) is 56.0 Å². The molecule has 2 heteroatoms. The van der Waals surface area contributed by atoms with Gasteiger partial charge >= 0.3 is 25.8 Å². The third-order valence-electron chi connectivity index (χ3n) is 1.17. The average molecular weight is 369 g/mol. The van der Waals surface area contributed by atoms with Crippen molar-refractivity contribution >= 4 is 0 Å². The topological polar surface area (TPSA) is 23.1 Å². The molecule has 0 saturated heterocycles. The number of rotatable bonds is 0. The van der Waals surface area contributed by atoms with Crippen LogP contribution >= 0.6 is 0 Å². The molecule has 0 saturated carbocycles. The Balaban J connectivity index is -0.000000140. The molecule has 0 bridgehead atoms. The summed E-state index contributed by atoms with van der Waals surface area (Å²) in [6.07, 6.45) is 20.0. The van der Waals surface area contributed by atoms with Gasteiger partial charge < -0.3 is 12.5 Å². The summed E-state index contributed by atoms with van der Waals surface area (Å²) in [6, 6.07) is 0. The second-order valence-electron chi connectivity index (χ2n) is 2.29. The van der Waals surface area contributed by atoms with Gasteiger partial charge in [-0.25, -0.2) is 24.3 Å². The maximum atomic E-state index is 8.93. The van der Waals surface area contributed by atoms with Gasteiger partial charge in [0.1, 0.15) is 0 Å². The zero-order chi connectivity index (χ0) is 9.78. The molecular formula is C13H18HfO. The van der Waals surface area contributed by atoms with E-state index in [1.54, 1.807) is 6.92 Å². The Bertz CT molecular complexity index is 161. The van der Waals surface area contributed by atoms with Crippen LogP contribution in [-0.2, 0) is 25.8 Å². The van der Waals surface area contributed by atoms with Crippen LogP contribution < -0.4 is 5.11 Å². The molecule has 0 atom stereocenters. The van der Waals surface area contributed by atoms with E-state index in [9.17, 15) is 0 Å². The van der Waals surface area contributed by atoms with Gasteiger partial charge in [-0.2, -0.15) is 12.2 Å². The molecule has 2 aliphatic rings. The van der Waals surface area contributed by atoms with E-state index < -0.39 is 0 Å². The van der Waals surface area contributed by atoms with Crippen molar-refractivity contribution in [2.24, 2.45) is 0 Å². The molecule has 0 aromatic rings. The van der Waals surface area contributed by atoms with Crippen LogP contribution in [0.2, 0.25) is 0 Å². The Morgan fingerprint density at radius 1 is 1.07 bits per heavy atom. The van der Waals surface area contributed by atoms with Crippen LogP contribution in [0.15, 0.2) is 36.5 Å². The molecule has 0 N–H and O–H groups in total.